The number of carbonyl (C=O) groups excluding carboxylic acids is 1. The van der Waals surface area contributed by atoms with E-state index in [2.05, 4.69) is 4.98 Å². The number of aliphatic hydroxyl groups is 1. The number of aliphatic carboxylic acids is 1. The van der Waals surface area contributed by atoms with Gasteiger partial charge in [0, 0.05) is 24.0 Å². The largest absolute Gasteiger partial charge is 0.507 e. The predicted octanol–water partition coefficient (Wildman–Crippen LogP) is 2.47. The number of nitrogens with one attached hydrogen (secondary N) is 1. The molecule has 0 spiro atoms. The van der Waals surface area contributed by atoms with Gasteiger partial charge in [0.15, 0.2) is 0 Å². The number of carboxylic acids is 1. The molecule has 5 heteroatoms. The zero-order valence-corrected chi connectivity index (χ0v) is 11.5. The Balaban J connectivity index is 2.24. The second-order valence-electron chi connectivity index (χ2n) is 4.76. The lowest BCUT2D eigenvalue weighted by Gasteiger charge is -2.04. The molecule has 0 bridgehead atoms. The maximum atomic E-state index is 11.1. The van der Waals surface area contributed by atoms with E-state index in [-0.39, 0.29) is 5.76 Å². The summed E-state index contributed by atoms with van der Waals surface area (Å²) in [6.45, 7) is 2.00. The summed E-state index contributed by atoms with van der Waals surface area (Å²) in [5.41, 5.74) is 3.41. The van der Waals surface area contributed by atoms with Gasteiger partial charge in [-0.15, -0.1) is 0 Å². The molecule has 3 N–H and O–H groups in total. The van der Waals surface area contributed by atoms with E-state index in [9.17, 15) is 14.7 Å². The molecule has 0 amide bonds. The van der Waals surface area contributed by atoms with Gasteiger partial charge in [0.2, 0.25) is 0 Å². The fourth-order valence-corrected chi connectivity index (χ4v) is 1.97. The lowest BCUT2D eigenvalue weighted by atomic mass is 10.0. The van der Waals surface area contributed by atoms with Crippen molar-refractivity contribution in [2.24, 2.45) is 0 Å². The maximum absolute atomic E-state index is 11.1. The zero-order chi connectivity index (χ0) is 15.4. The minimum atomic E-state index is -1.60. The lowest BCUT2D eigenvalue weighted by Crippen LogP contribution is -2.09. The van der Waals surface area contributed by atoms with Crippen molar-refractivity contribution in [1.82, 2.24) is 4.98 Å². The highest BCUT2D eigenvalue weighted by Crippen LogP contribution is 2.20. The number of aromatic nitrogens is 1. The molecule has 1 aromatic heterocycles. The highest BCUT2D eigenvalue weighted by molar-refractivity contribution is 6.38. The molecule has 0 saturated carbocycles. The van der Waals surface area contributed by atoms with E-state index in [1.165, 1.54) is 6.20 Å². The average molecular weight is 285 g/mol. The fourth-order valence-electron chi connectivity index (χ4n) is 1.97. The number of benzene rings is 1. The Morgan fingerprint density at radius 3 is 2.43 bits per heavy atom. The quantitative estimate of drug-likeness (QED) is 0.447. The van der Waals surface area contributed by atoms with Crippen molar-refractivity contribution in [3.8, 4) is 0 Å². The van der Waals surface area contributed by atoms with E-state index in [0.717, 1.165) is 16.7 Å². The van der Waals surface area contributed by atoms with Crippen LogP contribution in [0.2, 0.25) is 0 Å². The number of hydrogen-bond acceptors (Lipinski definition) is 3. The summed E-state index contributed by atoms with van der Waals surface area (Å²) in [7, 11) is 0. The van der Waals surface area contributed by atoms with Crippen LogP contribution in [0.25, 0.3) is 5.76 Å². The minimum absolute atomic E-state index is 0.356. The van der Waals surface area contributed by atoms with E-state index < -0.39 is 11.8 Å². The maximum Gasteiger partial charge on any atom is 0.376 e. The van der Waals surface area contributed by atoms with E-state index in [1.54, 1.807) is 6.20 Å². The number of hydrogen-bond donors (Lipinski definition) is 3. The Kier molecular flexibility index (Phi) is 4.23. The van der Waals surface area contributed by atoms with Gasteiger partial charge in [0.25, 0.3) is 5.78 Å². The van der Waals surface area contributed by atoms with Crippen molar-refractivity contribution in [3.05, 3.63) is 65.0 Å². The molecule has 0 saturated heterocycles. The van der Waals surface area contributed by atoms with Crippen molar-refractivity contribution >= 4 is 17.5 Å². The summed E-state index contributed by atoms with van der Waals surface area (Å²) in [4.78, 5) is 24.5. The minimum Gasteiger partial charge on any atom is -0.507 e. The van der Waals surface area contributed by atoms with Crippen LogP contribution in [0.1, 0.15) is 22.3 Å². The fraction of sp³-hybridized carbons (Fsp3) is 0.125. The number of aromatic amines is 1. The molecular weight excluding hydrogens is 270 g/mol. The molecule has 1 heterocycles. The number of aryl methyl sites for hydroxylation is 1. The summed E-state index contributed by atoms with van der Waals surface area (Å²) in [6, 6.07) is 7.95. The van der Waals surface area contributed by atoms with Crippen LogP contribution in [0.3, 0.4) is 0 Å². The lowest BCUT2D eigenvalue weighted by molar-refractivity contribution is -0.146. The smallest absolute Gasteiger partial charge is 0.376 e. The summed E-state index contributed by atoms with van der Waals surface area (Å²) in [6.07, 6.45) is 4.53. The van der Waals surface area contributed by atoms with E-state index >= 15 is 0 Å². The van der Waals surface area contributed by atoms with Gasteiger partial charge >= 0.3 is 5.97 Å². The van der Waals surface area contributed by atoms with Crippen LogP contribution in [0.15, 0.2) is 42.7 Å². The molecule has 108 valence electrons. The molecule has 1 aromatic carbocycles. The number of carbonyl (C=O) groups is 2. The third-order valence-corrected chi connectivity index (χ3v) is 3.10. The first-order valence-electron chi connectivity index (χ1n) is 6.37. The first kappa shape index (κ1) is 14.6. The van der Waals surface area contributed by atoms with E-state index in [0.29, 0.717) is 18.1 Å². The van der Waals surface area contributed by atoms with Gasteiger partial charge in [0.1, 0.15) is 5.76 Å². The summed E-state index contributed by atoms with van der Waals surface area (Å²) in [5.74, 6) is -3.11. The van der Waals surface area contributed by atoms with E-state index in [1.807, 2.05) is 31.2 Å². The monoisotopic (exact) mass is 285 g/mol. The number of rotatable bonds is 5. The molecule has 0 atom stereocenters. The van der Waals surface area contributed by atoms with Crippen molar-refractivity contribution in [2.75, 3.05) is 0 Å². The Labute approximate surface area is 121 Å². The van der Waals surface area contributed by atoms with Gasteiger partial charge in [-0.2, -0.15) is 0 Å². The van der Waals surface area contributed by atoms with Crippen LogP contribution in [-0.4, -0.2) is 26.9 Å². The molecule has 2 rings (SSSR count). The highest BCUT2D eigenvalue weighted by Gasteiger charge is 2.14. The average Bonchev–Trinajstić information content (AvgIpc) is 2.89. The normalized spacial score (nSPS) is 11.4. The molecule has 2 aromatic rings. The molecule has 21 heavy (non-hydrogen) atoms. The molecule has 0 aliphatic heterocycles. The van der Waals surface area contributed by atoms with Crippen molar-refractivity contribution < 1.29 is 19.8 Å². The standard InChI is InChI=1S/C16H15NO4/c1-10-2-4-11(5-3-10)6-12-8-17-9-13(12)14(18)7-15(19)16(20)21/h2-5,7-9,17-18H,6H2,1H3,(H,20,21). The molecule has 5 nitrogen and oxygen atoms in total. The predicted molar refractivity (Wildman–Crippen MR) is 78.0 cm³/mol. The third-order valence-electron chi connectivity index (χ3n) is 3.10. The number of aliphatic hydroxyl groups excluding tert-OH is 1. The van der Waals surface area contributed by atoms with E-state index in [4.69, 9.17) is 5.11 Å². The van der Waals surface area contributed by atoms with Crippen molar-refractivity contribution in [3.63, 3.8) is 0 Å². The number of ketones is 1. The Bertz CT molecular complexity index is 695. The Morgan fingerprint density at radius 2 is 1.81 bits per heavy atom. The molecule has 0 radical (unpaired) electrons. The highest BCUT2D eigenvalue weighted by atomic mass is 16.4. The first-order valence-corrected chi connectivity index (χ1v) is 6.37. The summed E-state index contributed by atoms with van der Waals surface area (Å²) >= 11 is 0. The van der Waals surface area contributed by atoms with Crippen LogP contribution in [0, 0.1) is 6.92 Å². The SMILES string of the molecule is Cc1ccc(Cc2c[nH]cc2C(O)=CC(=O)C(=O)O)cc1. The third kappa shape index (κ3) is 3.60. The van der Waals surface area contributed by atoms with Crippen molar-refractivity contribution in [1.29, 1.82) is 0 Å². The van der Waals surface area contributed by atoms with Gasteiger partial charge in [-0.05, 0) is 24.5 Å². The van der Waals surface area contributed by atoms with Crippen LogP contribution < -0.4 is 0 Å². The summed E-state index contributed by atoms with van der Waals surface area (Å²) in [5, 5.41) is 18.4. The Hall–Kier alpha value is -2.82. The molecular formula is C16H15NO4. The van der Waals surface area contributed by atoms with Crippen LogP contribution in [0.4, 0.5) is 0 Å². The van der Waals surface area contributed by atoms with Gasteiger partial charge in [-0.3, -0.25) is 4.79 Å². The summed E-state index contributed by atoms with van der Waals surface area (Å²) < 4.78 is 0. The molecule has 0 aliphatic rings. The van der Waals surface area contributed by atoms with Crippen LogP contribution in [0.5, 0.6) is 0 Å². The van der Waals surface area contributed by atoms with Gasteiger partial charge in [-0.25, -0.2) is 4.79 Å². The topological polar surface area (TPSA) is 90.4 Å². The zero-order valence-electron chi connectivity index (χ0n) is 11.5. The molecule has 0 aliphatic carbocycles. The first-order chi connectivity index (χ1) is 9.97. The second kappa shape index (κ2) is 6.09. The number of carboxylic acid groups (broad SMARTS) is 1. The van der Waals surface area contributed by atoms with Gasteiger partial charge in [0.05, 0.1) is 0 Å². The van der Waals surface area contributed by atoms with Crippen LogP contribution >= 0.6 is 0 Å². The van der Waals surface area contributed by atoms with Gasteiger partial charge < -0.3 is 15.2 Å². The molecule has 0 unspecified atom stereocenters. The molecule has 0 fully saturated rings. The Morgan fingerprint density at radius 1 is 1.14 bits per heavy atom. The number of H-pyrrole nitrogens is 1. The van der Waals surface area contributed by atoms with Crippen molar-refractivity contribution in [2.45, 2.75) is 13.3 Å². The van der Waals surface area contributed by atoms with Gasteiger partial charge in [-0.1, -0.05) is 29.8 Å². The van der Waals surface area contributed by atoms with Crippen LogP contribution in [-0.2, 0) is 16.0 Å². The second-order valence-corrected chi connectivity index (χ2v) is 4.76.